The Morgan fingerprint density at radius 3 is 1.24 bits per heavy atom. The fourth-order valence-corrected chi connectivity index (χ4v) is 1.08. The van der Waals surface area contributed by atoms with Crippen molar-refractivity contribution in [1.29, 1.82) is 0 Å². The third-order valence-electron chi connectivity index (χ3n) is 1.96. The molecular weight excluding hydrogens is 270 g/mol. The number of rotatable bonds is 14. The lowest BCUT2D eigenvalue weighted by molar-refractivity contribution is -0.00126. The van der Waals surface area contributed by atoms with Crippen molar-refractivity contribution in [2.45, 2.75) is 41.0 Å². The standard InChI is InChI=1S/C12H27NO4.2C2H6/c1-3-5-14-7-9-16-11-12-17-10-8-15-6-4-13-2;2*1-2/h13H,3-12H2,1-2H3;2*1-2H3. The second-order valence-corrected chi connectivity index (χ2v) is 3.55. The summed E-state index contributed by atoms with van der Waals surface area (Å²) in [5.41, 5.74) is 0. The smallest absolute Gasteiger partial charge is 0.0701 e. The predicted molar refractivity (Wildman–Crippen MR) is 90.2 cm³/mol. The van der Waals surface area contributed by atoms with Crippen molar-refractivity contribution >= 4 is 0 Å². The van der Waals surface area contributed by atoms with E-state index in [1.165, 1.54) is 0 Å². The van der Waals surface area contributed by atoms with Gasteiger partial charge in [0.15, 0.2) is 0 Å². The molecule has 0 aromatic carbocycles. The second-order valence-electron chi connectivity index (χ2n) is 3.55. The van der Waals surface area contributed by atoms with Gasteiger partial charge in [-0.2, -0.15) is 0 Å². The number of nitrogens with one attached hydrogen (secondary N) is 1. The maximum Gasteiger partial charge on any atom is 0.0701 e. The number of hydrogen-bond donors (Lipinski definition) is 1. The molecule has 0 aromatic heterocycles. The van der Waals surface area contributed by atoms with Gasteiger partial charge in [-0.1, -0.05) is 34.6 Å². The molecule has 0 rings (SSSR count). The van der Waals surface area contributed by atoms with Gasteiger partial charge >= 0.3 is 0 Å². The van der Waals surface area contributed by atoms with E-state index in [1.54, 1.807) is 0 Å². The number of likely N-dealkylation sites (N-methyl/N-ethyl adjacent to an activating group) is 1. The van der Waals surface area contributed by atoms with Crippen LogP contribution in [0, 0.1) is 0 Å². The summed E-state index contributed by atoms with van der Waals surface area (Å²) >= 11 is 0. The fourth-order valence-electron chi connectivity index (χ4n) is 1.08. The van der Waals surface area contributed by atoms with Gasteiger partial charge in [-0.05, 0) is 13.5 Å². The molecule has 0 saturated carbocycles. The molecule has 0 radical (unpaired) electrons. The molecule has 0 fully saturated rings. The minimum absolute atomic E-state index is 0.614. The lowest BCUT2D eigenvalue weighted by atomic mass is 10.5. The van der Waals surface area contributed by atoms with Crippen molar-refractivity contribution < 1.29 is 18.9 Å². The van der Waals surface area contributed by atoms with Gasteiger partial charge in [-0.25, -0.2) is 0 Å². The number of hydrogen-bond acceptors (Lipinski definition) is 5. The Kier molecular flexibility index (Phi) is 39.2. The van der Waals surface area contributed by atoms with Crippen molar-refractivity contribution in [3.8, 4) is 0 Å². The molecule has 0 unspecified atom stereocenters. The minimum atomic E-state index is 0.614. The Morgan fingerprint density at radius 2 is 0.905 bits per heavy atom. The molecule has 0 spiro atoms. The van der Waals surface area contributed by atoms with Crippen LogP contribution in [0.15, 0.2) is 0 Å². The van der Waals surface area contributed by atoms with Gasteiger partial charge in [-0.3, -0.25) is 0 Å². The van der Waals surface area contributed by atoms with E-state index in [2.05, 4.69) is 12.2 Å². The van der Waals surface area contributed by atoms with E-state index in [0.717, 1.165) is 26.2 Å². The van der Waals surface area contributed by atoms with E-state index in [1.807, 2.05) is 34.7 Å². The highest BCUT2D eigenvalue weighted by Crippen LogP contribution is 1.83. The predicted octanol–water partition coefficient (Wildman–Crippen LogP) is 2.73. The van der Waals surface area contributed by atoms with Crippen LogP contribution in [0.25, 0.3) is 0 Å². The molecule has 1 N–H and O–H groups in total. The van der Waals surface area contributed by atoms with Crippen LogP contribution in [-0.4, -0.2) is 66.4 Å². The quantitative estimate of drug-likeness (QED) is 0.500. The van der Waals surface area contributed by atoms with Gasteiger partial charge in [0.2, 0.25) is 0 Å². The van der Waals surface area contributed by atoms with Gasteiger partial charge in [0.05, 0.1) is 46.2 Å². The van der Waals surface area contributed by atoms with Gasteiger partial charge in [0.1, 0.15) is 0 Å². The van der Waals surface area contributed by atoms with Crippen molar-refractivity contribution in [1.82, 2.24) is 5.32 Å². The van der Waals surface area contributed by atoms with Crippen molar-refractivity contribution in [3.05, 3.63) is 0 Å². The summed E-state index contributed by atoms with van der Waals surface area (Å²) in [7, 11) is 1.90. The third-order valence-corrected chi connectivity index (χ3v) is 1.96. The van der Waals surface area contributed by atoms with Gasteiger partial charge in [0.25, 0.3) is 0 Å². The zero-order chi connectivity index (χ0) is 16.6. The zero-order valence-corrected chi connectivity index (χ0v) is 15.2. The van der Waals surface area contributed by atoms with E-state index in [9.17, 15) is 0 Å². The molecule has 5 heteroatoms. The van der Waals surface area contributed by atoms with Crippen LogP contribution in [0.3, 0.4) is 0 Å². The SMILES string of the molecule is CC.CC.CCCOCCOCCOCCOCCNC. The average Bonchev–Trinajstić information content (AvgIpc) is 2.56. The topological polar surface area (TPSA) is 49.0 Å². The highest BCUT2D eigenvalue weighted by molar-refractivity contribution is 4.37. The maximum absolute atomic E-state index is 5.33. The summed E-state index contributed by atoms with van der Waals surface area (Å²) in [6.45, 7) is 16.3. The summed E-state index contributed by atoms with van der Waals surface area (Å²) in [6, 6.07) is 0. The molecule has 132 valence electrons. The molecule has 0 aliphatic carbocycles. The fraction of sp³-hybridized carbons (Fsp3) is 1.00. The minimum Gasteiger partial charge on any atom is -0.379 e. The largest absolute Gasteiger partial charge is 0.379 e. The van der Waals surface area contributed by atoms with E-state index in [4.69, 9.17) is 18.9 Å². The van der Waals surface area contributed by atoms with E-state index >= 15 is 0 Å². The second kappa shape index (κ2) is 31.9. The van der Waals surface area contributed by atoms with Crippen LogP contribution < -0.4 is 5.32 Å². The maximum atomic E-state index is 5.33. The zero-order valence-electron chi connectivity index (χ0n) is 15.2. The van der Waals surface area contributed by atoms with E-state index in [-0.39, 0.29) is 0 Å². The van der Waals surface area contributed by atoms with Gasteiger partial charge < -0.3 is 24.3 Å². The lowest BCUT2D eigenvalue weighted by Crippen LogP contribution is -2.17. The Labute approximate surface area is 132 Å². The molecule has 0 aliphatic rings. The monoisotopic (exact) mass is 309 g/mol. The first kappa shape index (κ1) is 25.7. The lowest BCUT2D eigenvalue weighted by Gasteiger charge is -2.07. The van der Waals surface area contributed by atoms with Gasteiger partial charge in [-0.15, -0.1) is 0 Å². The van der Waals surface area contributed by atoms with Crippen LogP contribution >= 0.6 is 0 Å². The molecule has 5 nitrogen and oxygen atoms in total. The van der Waals surface area contributed by atoms with E-state index < -0.39 is 0 Å². The summed E-state index contributed by atoms with van der Waals surface area (Å²) in [5.74, 6) is 0. The molecule has 0 aliphatic heterocycles. The highest BCUT2D eigenvalue weighted by Gasteiger charge is 1.91. The molecule has 0 aromatic rings. The summed E-state index contributed by atoms with van der Waals surface area (Å²) in [6.07, 6.45) is 1.05. The van der Waals surface area contributed by atoms with Crippen LogP contribution in [0.2, 0.25) is 0 Å². The Bertz CT molecular complexity index is 123. The van der Waals surface area contributed by atoms with Crippen LogP contribution in [-0.2, 0) is 18.9 Å². The first-order valence-corrected chi connectivity index (χ1v) is 8.37. The molecule has 0 amide bonds. The number of ether oxygens (including phenoxy) is 4. The molecule has 0 atom stereocenters. The average molecular weight is 309 g/mol. The first-order chi connectivity index (χ1) is 10.4. The highest BCUT2D eigenvalue weighted by atomic mass is 16.6. The Balaban J connectivity index is -0.000000739. The molecule has 0 heterocycles. The summed E-state index contributed by atoms with van der Waals surface area (Å²) in [4.78, 5) is 0. The van der Waals surface area contributed by atoms with Gasteiger partial charge in [0, 0.05) is 13.2 Å². The van der Waals surface area contributed by atoms with Crippen LogP contribution in [0.4, 0.5) is 0 Å². The molecule has 21 heavy (non-hydrogen) atoms. The van der Waals surface area contributed by atoms with Crippen LogP contribution in [0.5, 0.6) is 0 Å². The Hall–Kier alpha value is -0.200. The van der Waals surface area contributed by atoms with E-state index in [0.29, 0.717) is 39.6 Å². The van der Waals surface area contributed by atoms with Crippen molar-refractivity contribution in [2.24, 2.45) is 0 Å². The molecule has 0 saturated heterocycles. The summed E-state index contributed by atoms with van der Waals surface area (Å²) < 4.78 is 21.2. The van der Waals surface area contributed by atoms with Crippen molar-refractivity contribution in [3.63, 3.8) is 0 Å². The molecule has 0 bridgehead atoms. The van der Waals surface area contributed by atoms with Crippen molar-refractivity contribution in [2.75, 3.05) is 66.4 Å². The molecular formula is C16H39NO4. The van der Waals surface area contributed by atoms with Crippen LogP contribution in [0.1, 0.15) is 41.0 Å². The normalized spacial score (nSPS) is 9.43. The third kappa shape index (κ3) is 32.9. The first-order valence-electron chi connectivity index (χ1n) is 8.37. The Morgan fingerprint density at radius 1 is 0.571 bits per heavy atom. The summed E-state index contributed by atoms with van der Waals surface area (Å²) in [5, 5.41) is 3.01.